The largest absolute Gasteiger partial charge is 0.243 e. The molecule has 0 bridgehead atoms. The van der Waals surface area contributed by atoms with Crippen LogP contribution in [-0.2, 0) is 18.4 Å². The number of fused-ring (bicyclic) bond motifs is 2. The van der Waals surface area contributed by atoms with Crippen molar-refractivity contribution in [2.45, 2.75) is 71.8 Å². The van der Waals surface area contributed by atoms with Crippen LogP contribution in [0, 0.1) is 17.8 Å². The Bertz CT molecular complexity index is 459. The van der Waals surface area contributed by atoms with E-state index in [2.05, 4.69) is 42.7 Å². The van der Waals surface area contributed by atoms with Crippen molar-refractivity contribution in [3.8, 4) is 0 Å². The maximum atomic E-state index is 4.52. The Morgan fingerprint density at radius 3 is 2.42 bits per heavy atom. The van der Waals surface area contributed by atoms with Gasteiger partial charge in [-0.05, 0) is 63.2 Å². The number of aromatic nitrogens is 3. The summed E-state index contributed by atoms with van der Waals surface area (Å²) in [5.74, 6) is 2.90. The first kappa shape index (κ1) is 13.1. The van der Waals surface area contributed by atoms with Gasteiger partial charge in [0.05, 0.1) is 16.9 Å². The van der Waals surface area contributed by atoms with Gasteiger partial charge in [0, 0.05) is 0 Å². The minimum Gasteiger partial charge on any atom is -0.243 e. The molecule has 0 aliphatic heterocycles. The monoisotopic (exact) mass is 261 g/mol. The van der Waals surface area contributed by atoms with Crippen LogP contribution in [-0.4, -0.2) is 15.0 Å². The van der Waals surface area contributed by atoms with Gasteiger partial charge < -0.3 is 0 Å². The highest BCUT2D eigenvalue weighted by Crippen LogP contribution is 2.52. The van der Waals surface area contributed by atoms with Crippen LogP contribution in [0.25, 0.3) is 0 Å². The van der Waals surface area contributed by atoms with E-state index in [4.69, 9.17) is 0 Å². The van der Waals surface area contributed by atoms with E-state index in [0.717, 1.165) is 37.0 Å². The first-order valence-electron chi connectivity index (χ1n) is 8.04. The van der Waals surface area contributed by atoms with Crippen LogP contribution < -0.4 is 0 Å². The average molecular weight is 261 g/mol. The third-order valence-corrected chi connectivity index (χ3v) is 6.07. The van der Waals surface area contributed by atoms with Gasteiger partial charge in [-0.3, -0.25) is 0 Å². The Labute approximate surface area is 116 Å². The number of hydrogen-bond acceptors (Lipinski definition) is 2. The van der Waals surface area contributed by atoms with Crippen molar-refractivity contribution in [3.63, 3.8) is 0 Å². The van der Waals surface area contributed by atoms with Crippen LogP contribution in [0.15, 0.2) is 0 Å². The molecule has 106 valence electrons. The van der Waals surface area contributed by atoms with Crippen LogP contribution in [0.5, 0.6) is 0 Å². The maximum Gasteiger partial charge on any atom is 0.0859 e. The lowest BCUT2D eigenvalue weighted by atomic mass is 9.93. The molecule has 0 radical (unpaired) electrons. The van der Waals surface area contributed by atoms with Gasteiger partial charge in [0.25, 0.3) is 0 Å². The topological polar surface area (TPSA) is 30.7 Å². The summed E-state index contributed by atoms with van der Waals surface area (Å²) in [7, 11) is 0. The number of rotatable bonds is 3. The average Bonchev–Trinajstić information content (AvgIpc) is 2.83. The van der Waals surface area contributed by atoms with Gasteiger partial charge in [0.15, 0.2) is 0 Å². The van der Waals surface area contributed by atoms with Gasteiger partial charge in [-0.25, -0.2) is 4.68 Å². The molecule has 2 aliphatic carbocycles. The zero-order valence-corrected chi connectivity index (χ0v) is 12.8. The highest BCUT2D eigenvalue weighted by molar-refractivity contribution is 5.16. The zero-order chi connectivity index (χ0) is 13.6. The minimum atomic E-state index is 0.147. The van der Waals surface area contributed by atoms with Gasteiger partial charge in [0.1, 0.15) is 0 Å². The standard InChI is InChI=1S/C16H27N3/c1-5-16(4,6-2)19-15-10-8-13-11(3)12(13)7-9-14(15)17-18-19/h11-13H,5-10H2,1-4H3/t11?,12-,13+/m1/s1. The predicted molar refractivity (Wildman–Crippen MR) is 77.0 cm³/mol. The molecule has 1 saturated carbocycles. The Hall–Kier alpha value is -0.860. The van der Waals surface area contributed by atoms with Crippen LogP contribution in [0.3, 0.4) is 0 Å². The van der Waals surface area contributed by atoms with Gasteiger partial charge in [-0.15, -0.1) is 5.10 Å². The summed E-state index contributed by atoms with van der Waals surface area (Å²) in [4.78, 5) is 0. The molecule has 3 heteroatoms. The molecule has 0 saturated heterocycles. The van der Waals surface area contributed by atoms with E-state index in [1.807, 2.05) is 0 Å². The van der Waals surface area contributed by atoms with Crippen molar-refractivity contribution in [3.05, 3.63) is 11.4 Å². The van der Waals surface area contributed by atoms with Crippen LogP contribution in [0.2, 0.25) is 0 Å². The maximum absolute atomic E-state index is 4.52. The molecule has 0 spiro atoms. The third kappa shape index (κ3) is 2.02. The van der Waals surface area contributed by atoms with Crippen molar-refractivity contribution >= 4 is 0 Å². The zero-order valence-electron chi connectivity index (χ0n) is 12.8. The normalized spacial score (nSPS) is 30.2. The van der Waals surface area contributed by atoms with Gasteiger partial charge in [-0.2, -0.15) is 0 Å². The lowest BCUT2D eigenvalue weighted by Crippen LogP contribution is -2.31. The van der Waals surface area contributed by atoms with Gasteiger partial charge >= 0.3 is 0 Å². The summed E-state index contributed by atoms with van der Waals surface area (Å²) in [6, 6.07) is 0. The SMILES string of the molecule is CCC(C)(CC)n1nnc2c1CC[C@H]1C(C)[C@H]1CC2. The Balaban J connectivity index is 1.90. The molecule has 1 fully saturated rings. The number of hydrogen-bond donors (Lipinski definition) is 0. The van der Waals surface area contributed by atoms with Crippen molar-refractivity contribution < 1.29 is 0 Å². The van der Waals surface area contributed by atoms with Crippen molar-refractivity contribution in [1.82, 2.24) is 15.0 Å². The van der Waals surface area contributed by atoms with Crippen LogP contribution in [0.4, 0.5) is 0 Å². The summed E-state index contributed by atoms with van der Waals surface area (Å²) in [5, 5.41) is 9.03. The quantitative estimate of drug-likeness (QED) is 0.832. The van der Waals surface area contributed by atoms with Crippen molar-refractivity contribution in [2.24, 2.45) is 17.8 Å². The number of aryl methyl sites for hydroxylation is 1. The molecule has 2 aliphatic rings. The van der Waals surface area contributed by atoms with E-state index >= 15 is 0 Å². The fraction of sp³-hybridized carbons (Fsp3) is 0.875. The van der Waals surface area contributed by atoms with Crippen molar-refractivity contribution in [2.75, 3.05) is 0 Å². The molecule has 3 rings (SSSR count). The fourth-order valence-corrected chi connectivity index (χ4v) is 3.96. The molecule has 1 aromatic rings. The lowest BCUT2D eigenvalue weighted by molar-refractivity contribution is 0.250. The van der Waals surface area contributed by atoms with Gasteiger partial charge in [0.2, 0.25) is 0 Å². The van der Waals surface area contributed by atoms with Gasteiger partial charge in [-0.1, -0.05) is 26.0 Å². The highest BCUT2D eigenvalue weighted by atomic mass is 15.5. The Morgan fingerprint density at radius 1 is 1.16 bits per heavy atom. The van der Waals surface area contributed by atoms with E-state index < -0.39 is 0 Å². The summed E-state index contributed by atoms with van der Waals surface area (Å²) < 4.78 is 2.26. The molecule has 0 amide bonds. The highest BCUT2D eigenvalue weighted by Gasteiger charge is 2.46. The molecular weight excluding hydrogens is 234 g/mol. The van der Waals surface area contributed by atoms with E-state index in [9.17, 15) is 0 Å². The molecular formula is C16H27N3. The third-order valence-electron chi connectivity index (χ3n) is 6.07. The molecule has 1 heterocycles. The first-order valence-corrected chi connectivity index (χ1v) is 8.04. The van der Waals surface area contributed by atoms with E-state index in [1.165, 1.54) is 30.7 Å². The molecule has 3 nitrogen and oxygen atoms in total. The molecule has 19 heavy (non-hydrogen) atoms. The van der Waals surface area contributed by atoms with E-state index in [0.29, 0.717) is 0 Å². The van der Waals surface area contributed by atoms with E-state index in [-0.39, 0.29) is 5.54 Å². The summed E-state index contributed by atoms with van der Waals surface area (Å²) in [6.07, 6.45) is 7.25. The second kappa shape index (κ2) is 4.60. The minimum absolute atomic E-state index is 0.147. The number of nitrogens with zero attached hydrogens (tertiary/aromatic N) is 3. The first-order chi connectivity index (χ1) is 9.10. The molecule has 1 unspecified atom stereocenters. The lowest BCUT2D eigenvalue weighted by Gasteiger charge is -2.29. The Morgan fingerprint density at radius 2 is 1.79 bits per heavy atom. The second-order valence-corrected chi connectivity index (χ2v) is 6.86. The van der Waals surface area contributed by atoms with Crippen LogP contribution >= 0.6 is 0 Å². The summed E-state index contributed by atoms with van der Waals surface area (Å²) >= 11 is 0. The van der Waals surface area contributed by atoms with Crippen LogP contribution in [0.1, 0.15) is 64.8 Å². The fourth-order valence-electron chi connectivity index (χ4n) is 3.96. The second-order valence-electron chi connectivity index (χ2n) is 6.86. The molecule has 1 aromatic heterocycles. The Kier molecular flexibility index (Phi) is 3.18. The molecule has 0 aromatic carbocycles. The predicted octanol–water partition coefficient (Wildman–Crippen LogP) is 3.57. The summed E-state index contributed by atoms with van der Waals surface area (Å²) in [5.41, 5.74) is 2.86. The van der Waals surface area contributed by atoms with Crippen molar-refractivity contribution in [1.29, 1.82) is 0 Å². The van der Waals surface area contributed by atoms with E-state index in [1.54, 1.807) is 0 Å². The molecule has 0 N–H and O–H groups in total. The smallest absolute Gasteiger partial charge is 0.0859 e. The molecule has 3 atom stereocenters. The summed E-state index contributed by atoms with van der Waals surface area (Å²) in [6.45, 7) is 9.27.